The van der Waals surface area contributed by atoms with Gasteiger partial charge in [-0.05, 0) is 24.6 Å². The van der Waals surface area contributed by atoms with Gasteiger partial charge in [0.2, 0.25) is 6.41 Å². The van der Waals surface area contributed by atoms with Crippen molar-refractivity contribution in [3.05, 3.63) is 23.8 Å². The van der Waals surface area contributed by atoms with Crippen LogP contribution in [0.15, 0.2) is 18.2 Å². The molecule has 2 rings (SSSR count). The molecule has 1 fully saturated rings. The Bertz CT molecular complexity index is 565. The lowest BCUT2D eigenvalue weighted by atomic mass is 10.2. The maximum absolute atomic E-state index is 12.0. The molecule has 1 aliphatic heterocycles. The first-order valence-corrected chi connectivity index (χ1v) is 6.67. The molecule has 7 heteroatoms. The molecule has 1 aliphatic rings. The van der Waals surface area contributed by atoms with Crippen molar-refractivity contribution >= 4 is 29.6 Å². The monoisotopic (exact) mass is 290 g/mol. The van der Waals surface area contributed by atoms with Crippen molar-refractivity contribution in [2.45, 2.75) is 6.92 Å². The fraction of sp³-hybridized carbons (Fsp3) is 0.357. The number of hydrogen-bond donors (Lipinski definition) is 2. The predicted molar refractivity (Wildman–Crippen MR) is 78.4 cm³/mol. The zero-order chi connectivity index (χ0) is 15.4. The lowest BCUT2D eigenvalue weighted by molar-refractivity contribution is -0.144. The fourth-order valence-corrected chi connectivity index (χ4v) is 2.15. The van der Waals surface area contributed by atoms with Gasteiger partial charge < -0.3 is 20.9 Å². The highest BCUT2D eigenvalue weighted by Crippen LogP contribution is 2.19. The minimum Gasteiger partial charge on any atom is -0.397 e. The van der Waals surface area contributed by atoms with Crippen LogP contribution in [0.2, 0.25) is 0 Å². The molecule has 112 valence electrons. The fourth-order valence-electron chi connectivity index (χ4n) is 2.15. The van der Waals surface area contributed by atoms with Crippen molar-refractivity contribution in [3.63, 3.8) is 0 Å². The predicted octanol–water partition coefficient (Wildman–Crippen LogP) is -0.184. The van der Waals surface area contributed by atoms with Gasteiger partial charge in [0.05, 0.1) is 11.4 Å². The molecule has 0 aromatic heterocycles. The van der Waals surface area contributed by atoms with Crippen molar-refractivity contribution in [1.29, 1.82) is 0 Å². The second-order valence-electron chi connectivity index (χ2n) is 4.98. The second kappa shape index (κ2) is 6.25. The lowest BCUT2D eigenvalue weighted by Crippen LogP contribution is -2.51. The summed E-state index contributed by atoms with van der Waals surface area (Å²) < 4.78 is 0. The van der Waals surface area contributed by atoms with E-state index in [1.54, 1.807) is 23.1 Å². The summed E-state index contributed by atoms with van der Waals surface area (Å²) in [6.07, 6.45) is 0.745. The first kappa shape index (κ1) is 14.8. The minimum absolute atomic E-state index is 0.356. The normalized spacial score (nSPS) is 14.7. The molecule has 0 spiro atoms. The van der Waals surface area contributed by atoms with Gasteiger partial charge >= 0.3 is 11.8 Å². The molecular weight excluding hydrogens is 272 g/mol. The van der Waals surface area contributed by atoms with Crippen molar-refractivity contribution < 1.29 is 14.4 Å². The van der Waals surface area contributed by atoms with Gasteiger partial charge in [-0.3, -0.25) is 14.4 Å². The molecule has 1 saturated heterocycles. The van der Waals surface area contributed by atoms with Gasteiger partial charge in [-0.15, -0.1) is 0 Å². The van der Waals surface area contributed by atoms with Crippen LogP contribution >= 0.6 is 0 Å². The van der Waals surface area contributed by atoms with Gasteiger partial charge in [-0.1, -0.05) is 6.07 Å². The molecule has 0 bridgehead atoms. The van der Waals surface area contributed by atoms with Crippen LogP contribution < -0.4 is 11.1 Å². The number of rotatable bonds is 2. The van der Waals surface area contributed by atoms with Crippen LogP contribution in [-0.4, -0.2) is 54.2 Å². The van der Waals surface area contributed by atoms with Crippen LogP contribution in [0.5, 0.6) is 0 Å². The Morgan fingerprint density at radius 3 is 2.48 bits per heavy atom. The zero-order valence-corrected chi connectivity index (χ0v) is 11.8. The SMILES string of the molecule is Cc1ccc(NC(=O)C(=O)N2CCN(C=O)CC2)c(N)c1. The van der Waals surface area contributed by atoms with E-state index in [1.165, 1.54) is 4.90 Å². The number of nitrogens with one attached hydrogen (secondary N) is 1. The Morgan fingerprint density at radius 1 is 1.24 bits per heavy atom. The van der Waals surface area contributed by atoms with E-state index in [-0.39, 0.29) is 0 Å². The van der Waals surface area contributed by atoms with Crippen molar-refractivity contribution in [3.8, 4) is 0 Å². The molecular formula is C14H18N4O3. The largest absolute Gasteiger partial charge is 0.397 e. The third-order valence-electron chi connectivity index (χ3n) is 3.40. The summed E-state index contributed by atoms with van der Waals surface area (Å²) in [5, 5.41) is 2.52. The van der Waals surface area contributed by atoms with Crippen LogP contribution in [0.3, 0.4) is 0 Å². The number of piperazine rings is 1. The number of nitrogens with two attached hydrogens (primary N) is 1. The van der Waals surface area contributed by atoms with E-state index in [4.69, 9.17) is 5.73 Å². The van der Waals surface area contributed by atoms with Crippen LogP contribution in [0.25, 0.3) is 0 Å². The van der Waals surface area contributed by atoms with Gasteiger partial charge in [0.15, 0.2) is 0 Å². The minimum atomic E-state index is -0.717. The van der Waals surface area contributed by atoms with Crippen molar-refractivity contribution in [2.24, 2.45) is 0 Å². The van der Waals surface area contributed by atoms with Crippen LogP contribution in [0, 0.1) is 6.92 Å². The molecule has 0 unspecified atom stereocenters. The molecule has 3 amide bonds. The quantitative estimate of drug-likeness (QED) is 0.448. The van der Waals surface area contributed by atoms with Gasteiger partial charge in [-0.2, -0.15) is 0 Å². The number of nitrogen functional groups attached to an aromatic ring is 1. The maximum Gasteiger partial charge on any atom is 0.313 e. The summed E-state index contributed by atoms with van der Waals surface area (Å²) >= 11 is 0. The number of benzene rings is 1. The zero-order valence-electron chi connectivity index (χ0n) is 11.8. The molecule has 3 N–H and O–H groups in total. The third-order valence-corrected chi connectivity index (χ3v) is 3.40. The molecule has 7 nitrogen and oxygen atoms in total. The number of amides is 3. The topological polar surface area (TPSA) is 95.7 Å². The first-order chi connectivity index (χ1) is 10.0. The smallest absolute Gasteiger partial charge is 0.313 e. The van der Waals surface area contributed by atoms with Gasteiger partial charge in [0.25, 0.3) is 0 Å². The van der Waals surface area contributed by atoms with Crippen molar-refractivity contribution in [1.82, 2.24) is 9.80 Å². The molecule has 0 atom stereocenters. The Labute approximate surface area is 122 Å². The summed E-state index contributed by atoms with van der Waals surface area (Å²) in [5.41, 5.74) is 7.61. The molecule has 0 aliphatic carbocycles. The highest BCUT2D eigenvalue weighted by molar-refractivity contribution is 6.39. The summed E-state index contributed by atoms with van der Waals surface area (Å²) in [7, 11) is 0. The van der Waals surface area contributed by atoms with E-state index in [1.807, 2.05) is 6.92 Å². The Morgan fingerprint density at radius 2 is 1.90 bits per heavy atom. The Balaban J connectivity index is 1.97. The van der Waals surface area contributed by atoms with Gasteiger partial charge in [-0.25, -0.2) is 0 Å². The van der Waals surface area contributed by atoms with Crippen molar-refractivity contribution in [2.75, 3.05) is 37.2 Å². The lowest BCUT2D eigenvalue weighted by Gasteiger charge is -2.32. The molecule has 1 aromatic rings. The summed E-state index contributed by atoms with van der Waals surface area (Å²) in [6, 6.07) is 5.20. The second-order valence-corrected chi connectivity index (χ2v) is 4.98. The van der Waals surface area contributed by atoms with Gasteiger partial charge in [0.1, 0.15) is 0 Å². The number of carbonyl (C=O) groups excluding carboxylic acids is 3. The molecule has 1 aromatic carbocycles. The number of aryl methyl sites for hydroxylation is 1. The third kappa shape index (κ3) is 3.50. The summed E-state index contributed by atoms with van der Waals surface area (Å²) in [5.74, 6) is -1.33. The van der Waals surface area contributed by atoms with E-state index < -0.39 is 11.8 Å². The average Bonchev–Trinajstić information content (AvgIpc) is 2.49. The number of carbonyl (C=O) groups is 3. The average molecular weight is 290 g/mol. The number of nitrogens with zero attached hydrogens (tertiary/aromatic N) is 2. The van der Waals surface area contributed by atoms with Gasteiger partial charge in [0, 0.05) is 26.2 Å². The van der Waals surface area contributed by atoms with Crippen LogP contribution in [0.1, 0.15) is 5.56 Å². The Kier molecular flexibility index (Phi) is 4.42. The highest BCUT2D eigenvalue weighted by Gasteiger charge is 2.25. The molecule has 0 saturated carbocycles. The van der Waals surface area contributed by atoms with E-state index in [0.29, 0.717) is 37.6 Å². The maximum atomic E-state index is 12.0. The standard InChI is InChI=1S/C14H18N4O3/c1-10-2-3-12(11(15)8-10)16-13(20)14(21)18-6-4-17(9-19)5-7-18/h2-3,8-9H,4-7,15H2,1H3,(H,16,20). The van der Waals surface area contributed by atoms with Crippen LogP contribution in [-0.2, 0) is 14.4 Å². The summed E-state index contributed by atoms with van der Waals surface area (Å²) in [6.45, 7) is 3.48. The van der Waals surface area contributed by atoms with E-state index >= 15 is 0 Å². The summed E-state index contributed by atoms with van der Waals surface area (Å²) in [4.78, 5) is 37.6. The van der Waals surface area contributed by atoms with Crippen LogP contribution in [0.4, 0.5) is 11.4 Å². The van der Waals surface area contributed by atoms with E-state index in [0.717, 1.165) is 12.0 Å². The van der Waals surface area contributed by atoms with E-state index in [2.05, 4.69) is 5.32 Å². The highest BCUT2D eigenvalue weighted by atomic mass is 16.2. The van der Waals surface area contributed by atoms with E-state index in [9.17, 15) is 14.4 Å². The number of hydrogen-bond acceptors (Lipinski definition) is 4. The first-order valence-electron chi connectivity index (χ1n) is 6.67. The number of anilines is 2. The molecule has 1 heterocycles. The Hall–Kier alpha value is -2.57. The molecule has 21 heavy (non-hydrogen) atoms. The molecule has 0 radical (unpaired) electrons.